The Morgan fingerprint density at radius 2 is 1.36 bits per heavy atom. The summed E-state index contributed by atoms with van der Waals surface area (Å²) in [7, 11) is -3.49. The van der Waals surface area contributed by atoms with Gasteiger partial charge in [-0.15, -0.1) is 5.10 Å². The highest BCUT2D eigenvalue weighted by Crippen LogP contribution is 2.19. The van der Waals surface area contributed by atoms with Gasteiger partial charge in [-0.3, -0.25) is 4.79 Å². The normalized spacial score (nSPS) is 15.5. The minimum Gasteiger partial charge on any atom is -0.353 e. The standard InChI is InChI=1S/C20H20N4O3S/c25-20-12-11-19(21-24(20)17-7-3-1-4-8-17)22-13-15-23(16-14-22)28(26,27)18-9-5-2-6-10-18/h1-12H,13-16H2. The first-order valence-corrected chi connectivity index (χ1v) is 10.5. The zero-order chi connectivity index (χ0) is 19.6. The highest BCUT2D eigenvalue weighted by Gasteiger charge is 2.28. The van der Waals surface area contributed by atoms with Crippen molar-refractivity contribution in [3.63, 3.8) is 0 Å². The van der Waals surface area contributed by atoms with Crippen molar-refractivity contribution in [3.05, 3.63) is 83.2 Å². The average Bonchev–Trinajstić information content (AvgIpc) is 2.75. The zero-order valence-corrected chi connectivity index (χ0v) is 16.0. The van der Waals surface area contributed by atoms with Crippen LogP contribution in [-0.2, 0) is 10.0 Å². The van der Waals surface area contributed by atoms with E-state index in [0.29, 0.717) is 42.6 Å². The highest BCUT2D eigenvalue weighted by molar-refractivity contribution is 7.89. The molecule has 2 aromatic carbocycles. The van der Waals surface area contributed by atoms with Crippen LogP contribution in [0.2, 0.25) is 0 Å². The van der Waals surface area contributed by atoms with Crippen LogP contribution in [0.3, 0.4) is 0 Å². The lowest BCUT2D eigenvalue weighted by Gasteiger charge is -2.34. The number of hydrogen-bond acceptors (Lipinski definition) is 5. The van der Waals surface area contributed by atoms with Crippen LogP contribution in [0.4, 0.5) is 5.82 Å². The molecular weight excluding hydrogens is 376 g/mol. The van der Waals surface area contributed by atoms with Gasteiger partial charge in [0.1, 0.15) is 5.82 Å². The molecule has 0 N–H and O–H groups in total. The minimum absolute atomic E-state index is 0.208. The molecule has 1 fully saturated rings. The van der Waals surface area contributed by atoms with Crippen LogP contribution in [0.1, 0.15) is 0 Å². The summed E-state index contributed by atoms with van der Waals surface area (Å²) >= 11 is 0. The Morgan fingerprint density at radius 3 is 2.00 bits per heavy atom. The van der Waals surface area contributed by atoms with E-state index in [1.54, 1.807) is 36.4 Å². The third kappa shape index (κ3) is 3.56. The number of benzene rings is 2. The Labute approximate surface area is 163 Å². The van der Waals surface area contributed by atoms with E-state index >= 15 is 0 Å². The summed E-state index contributed by atoms with van der Waals surface area (Å²) in [6, 6.07) is 20.9. The fourth-order valence-electron chi connectivity index (χ4n) is 3.22. The van der Waals surface area contributed by atoms with E-state index in [2.05, 4.69) is 5.10 Å². The molecule has 0 amide bonds. The number of rotatable bonds is 4. The van der Waals surface area contributed by atoms with E-state index < -0.39 is 10.0 Å². The van der Waals surface area contributed by atoms with E-state index in [1.165, 1.54) is 15.1 Å². The molecule has 0 saturated carbocycles. The summed E-state index contributed by atoms with van der Waals surface area (Å²) in [6.45, 7) is 1.74. The van der Waals surface area contributed by atoms with Crippen molar-refractivity contribution in [1.29, 1.82) is 0 Å². The van der Waals surface area contributed by atoms with Crippen molar-refractivity contribution in [1.82, 2.24) is 14.1 Å². The molecule has 0 spiro atoms. The minimum atomic E-state index is -3.49. The molecule has 7 nitrogen and oxygen atoms in total. The average molecular weight is 396 g/mol. The van der Waals surface area contributed by atoms with Crippen LogP contribution >= 0.6 is 0 Å². The molecular formula is C20H20N4O3S. The van der Waals surface area contributed by atoms with Gasteiger partial charge in [0.05, 0.1) is 10.6 Å². The van der Waals surface area contributed by atoms with Crippen molar-refractivity contribution in [2.75, 3.05) is 31.1 Å². The molecule has 0 radical (unpaired) electrons. The fraction of sp³-hybridized carbons (Fsp3) is 0.200. The van der Waals surface area contributed by atoms with E-state index in [9.17, 15) is 13.2 Å². The van der Waals surface area contributed by atoms with Gasteiger partial charge in [-0.1, -0.05) is 36.4 Å². The molecule has 1 saturated heterocycles. The lowest BCUT2D eigenvalue weighted by Crippen LogP contribution is -2.49. The lowest BCUT2D eigenvalue weighted by molar-refractivity contribution is 0.383. The summed E-state index contributed by atoms with van der Waals surface area (Å²) in [5.41, 5.74) is 0.486. The van der Waals surface area contributed by atoms with E-state index in [0.717, 1.165) is 0 Å². The Kier molecular flexibility index (Phi) is 4.97. The van der Waals surface area contributed by atoms with Gasteiger partial charge < -0.3 is 4.90 Å². The predicted molar refractivity (Wildman–Crippen MR) is 107 cm³/mol. The van der Waals surface area contributed by atoms with Crippen LogP contribution in [0, 0.1) is 0 Å². The smallest absolute Gasteiger partial charge is 0.271 e. The second-order valence-electron chi connectivity index (χ2n) is 6.48. The Bertz CT molecular complexity index is 1110. The van der Waals surface area contributed by atoms with Crippen LogP contribution in [0.15, 0.2) is 82.5 Å². The molecule has 0 bridgehead atoms. The van der Waals surface area contributed by atoms with Crippen molar-refractivity contribution in [2.24, 2.45) is 0 Å². The summed E-state index contributed by atoms with van der Waals surface area (Å²) in [4.78, 5) is 14.5. The summed E-state index contributed by atoms with van der Waals surface area (Å²) in [5.74, 6) is 0.653. The molecule has 1 aliphatic heterocycles. The largest absolute Gasteiger partial charge is 0.353 e. The van der Waals surface area contributed by atoms with E-state index in [-0.39, 0.29) is 5.56 Å². The summed E-state index contributed by atoms with van der Waals surface area (Å²) < 4.78 is 28.4. The molecule has 3 aromatic rings. The number of hydrogen-bond donors (Lipinski definition) is 0. The highest BCUT2D eigenvalue weighted by atomic mass is 32.2. The quantitative estimate of drug-likeness (QED) is 0.672. The maximum atomic E-state index is 12.8. The molecule has 4 rings (SSSR count). The van der Waals surface area contributed by atoms with Gasteiger partial charge in [-0.25, -0.2) is 8.42 Å². The second kappa shape index (κ2) is 7.57. The SMILES string of the molecule is O=c1ccc(N2CCN(S(=O)(=O)c3ccccc3)CC2)nn1-c1ccccc1. The maximum Gasteiger partial charge on any atom is 0.271 e. The van der Waals surface area contributed by atoms with Crippen molar-refractivity contribution < 1.29 is 8.42 Å². The maximum absolute atomic E-state index is 12.8. The number of piperazine rings is 1. The van der Waals surface area contributed by atoms with E-state index in [1.807, 2.05) is 35.2 Å². The Morgan fingerprint density at radius 1 is 0.750 bits per heavy atom. The molecule has 0 unspecified atom stereocenters. The van der Waals surface area contributed by atoms with Gasteiger partial charge in [-0.2, -0.15) is 8.99 Å². The molecule has 1 aromatic heterocycles. The first-order valence-electron chi connectivity index (χ1n) is 9.02. The molecule has 2 heterocycles. The van der Waals surface area contributed by atoms with Crippen LogP contribution in [-0.4, -0.2) is 48.7 Å². The predicted octanol–water partition coefficient (Wildman–Crippen LogP) is 1.74. The summed E-state index contributed by atoms with van der Waals surface area (Å²) in [5, 5.41) is 4.47. The number of para-hydroxylation sites is 1. The van der Waals surface area contributed by atoms with Gasteiger partial charge in [0.25, 0.3) is 5.56 Å². The monoisotopic (exact) mass is 396 g/mol. The fourth-order valence-corrected chi connectivity index (χ4v) is 4.67. The van der Waals surface area contributed by atoms with Gasteiger partial charge in [-0.05, 0) is 30.3 Å². The third-order valence-corrected chi connectivity index (χ3v) is 6.64. The molecule has 8 heteroatoms. The Hall–Kier alpha value is -2.97. The van der Waals surface area contributed by atoms with Crippen molar-refractivity contribution >= 4 is 15.8 Å². The second-order valence-corrected chi connectivity index (χ2v) is 8.42. The van der Waals surface area contributed by atoms with Crippen molar-refractivity contribution in [3.8, 4) is 5.69 Å². The molecule has 28 heavy (non-hydrogen) atoms. The number of sulfonamides is 1. The van der Waals surface area contributed by atoms with Gasteiger partial charge >= 0.3 is 0 Å². The first kappa shape index (κ1) is 18.4. The van der Waals surface area contributed by atoms with Crippen molar-refractivity contribution in [2.45, 2.75) is 4.90 Å². The van der Waals surface area contributed by atoms with Gasteiger partial charge in [0.2, 0.25) is 10.0 Å². The number of aromatic nitrogens is 2. The summed E-state index contributed by atoms with van der Waals surface area (Å²) in [6.07, 6.45) is 0. The Balaban J connectivity index is 1.53. The molecule has 0 aliphatic carbocycles. The zero-order valence-electron chi connectivity index (χ0n) is 15.2. The topological polar surface area (TPSA) is 75.5 Å². The lowest BCUT2D eigenvalue weighted by atomic mass is 10.3. The van der Waals surface area contributed by atoms with Crippen LogP contribution < -0.4 is 10.5 Å². The number of nitrogens with zero attached hydrogens (tertiary/aromatic N) is 4. The van der Waals surface area contributed by atoms with Gasteiger partial charge in [0, 0.05) is 32.2 Å². The van der Waals surface area contributed by atoms with Gasteiger partial charge in [0.15, 0.2) is 0 Å². The number of anilines is 1. The molecule has 1 aliphatic rings. The third-order valence-electron chi connectivity index (χ3n) is 4.73. The van der Waals surface area contributed by atoms with Crippen LogP contribution in [0.5, 0.6) is 0 Å². The molecule has 0 atom stereocenters. The van der Waals surface area contributed by atoms with Crippen LogP contribution in [0.25, 0.3) is 5.69 Å². The molecule has 144 valence electrons. The first-order chi connectivity index (χ1) is 13.6. The van der Waals surface area contributed by atoms with E-state index in [4.69, 9.17) is 0 Å².